The number of primary amides is 1. The van der Waals surface area contributed by atoms with Gasteiger partial charge < -0.3 is 15.2 Å². The van der Waals surface area contributed by atoms with Crippen molar-refractivity contribution in [3.8, 4) is 5.75 Å². The zero-order valence-electron chi connectivity index (χ0n) is 19.2. The number of halogens is 1. The highest BCUT2D eigenvalue weighted by Gasteiger charge is 2.23. The van der Waals surface area contributed by atoms with Crippen LogP contribution in [0.2, 0.25) is 5.02 Å². The lowest BCUT2D eigenvalue weighted by atomic mass is 9.97. The molecule has 2 aromatic rings. The molecule has 33 heavy (non-hydrogen) atoms. The Morgan fingerprint density at radius 2 is 1.85 bits per heavy atom. The van der Waals surface area contributed by atoms with Crippen LogP contribution in [0.15, 0.2) is 48.5 Å². The minimum Gasteiger partial charge on any atom is -0.493 e. The van der Waals surface area contributed by atoms with Crippen LogP contribution in [0.1, 0.15) is 54.9 Å². The van der Waals surface area contributed by atoms with Gasteiger partial charge in [-0.05, 0) is 81.1 Å². The zero-order valence-corrected chi connectivity index (χ0v) is 19.9. The summed E-state index contributed by atoms with van der Waals surface area (Å²) >= 11 is 5.92. The van der Waals surface area contributed by atoms with Crippen molar-refractivity contribution < 1.29 is 19.1 Å². The molecular weight excluding hydrogens is 440 g/mol. The molecule has 2 N–H and O–H groups in total. The van der Waals surface area contributed by atoms with Crippen LogP contribution in [-0.4, -0.2) is 49.1 Å². The van der Waals surface area contributed by atoms with E-state index in [1.165, 1.54) is 0 Å². The van der Waals surface area contributed by atoms with Gasteiger partial charge in [0, 0.05) is 22.7 Å². The third kappa shape index (κ3) is 8.06. The van der Waals surface area contributed by atoms with Gasteiger partial charge >= 0.3 is 6.09 Å². The number of nitrogens with zero attached hydrogens (tertiary/aromatic N) is 1. The second kappa shape index (κ2) is 12.6. The number of ketones is 1. The lowest BCUT2D eigenvalue weighted by Crippen LogP contribution is -2.41. The van der Waals surface area contributed by atoms with Crippen LogP contribution in [0.3, 0.4) is 0 Å². The minimum absolute atomic E-state index is 0.0544. The van der Waals surface area contributed by atoms with Gasteiger partial charge in [0.05, 0.1) is 6.61 Å². The molecule has 2 aromatic carbocycles. The summed E-state index contributed by atoms with van der Waals surface area (Å²) in [6, 6.07) is 14.2. The largest absolute Gasteiger partial charge is 0.493 e. The molecule has 1 heterocycles. The monoisotopic (exact) mass is 472 g/mol. The predicted molar refractivity (Wildman–Crippen MR) is 130 cm³/mol. The standard InChI is InChI=1S/C26H33ClN2O4/c1-2-3-6-24(33-26(28)31)17-29-14-12-19(13-15-29)18-32-23-7-4-5-21(16-23)25(30)20-8-10-22(27)11-9-20/h4-5,7-11,16,19,24H,2-3,6,12-15,17-18H2,1H3,(H2,28,31)/t24-/m1/s1. The molecule has 6 nitrogen and oxygen atoms in total. The van der Waals surface area contributed by atoms with Gasteiger partial charge in [-0.2, -0.15) is 0 Å². The fourth-order valence-electron chi connectivity index (χ4n) is 4.12. The van der Waals surface area contributed by atoms with Crippen molar-refractivity contribution in [3.05, 3.63) is 64.7 Å². The Bertz CT molecular complexity index is 911. The van der Waals surface area contributed by atoms with E-state index in [9.17, 15) is 9.59 Å². The molecule has 0 aromatic heterocycles. The lowest BCUT2D eigenvalue weighted by Gasteiger charge is -2.33. The number of nitrogens with two attached hydrogens (primary N) is 1. The fraction of sp³-hybridized carbons (Fsp3) is 0.462. The summed E-state index contributed by atoms with van der Waals surface area (Å²) in [4.78, 5) is 26.3. The number of hydrogen-bond acceptors (Lipinski definition) is 5. The van der Waals surface area contributed by atoms with Gasteiger partial charge in [-0.25, -0.2) is 4.79 Å². The molecule has 1 aliphatic heterocycles. The number of carbonyl (C=O) groups is 2. The number of likely N-dealkylation sites (tertiary alicyclic amines) is 1. The zero-order chi connectivity index (χ0) is 23.6. The second-order valence-corrected chi connectivity index (χ2v) is 9.06. The van der Waals surface area contributed by atoms with Gasteiger partial charge in [-0.1, -0.05) is 37.1 Å². The van der Waals surface area contributed by atoms with Crippen molar-refractivity contribution in [2.75, 3.05) is 26.2 Å². The molecule has 178 valence electrons. The summed E-state index contributed by atoms with van der Waals surface area (Å²) in [5, 5.41) is 0.603. The Hall–Kier alpha value is -2.57. The van der Waals surface area contributed by atoms with Gasteiger partial charge in [-0.3, -0.25) is 9.69 Å². The summed E-state index contributed by atoms with van der Waals surface area (Å²) in [7, 11) is 0. The maximum Gasteiger partial charge on any atom is 0.404 e. The van der Waals surface area contributed by atoms with Crippen molar-refractivity contribution in [3.63, 3.8) is 0 Å². The summed E-state index contributed by atoms with van der Waals surface area (Å²) in [6.07, 6.45) is 4.10. The molecule has 0 unspecified atom stereocenters. The van der Waals surface area contributed by atoms with E-state index in [1.807, 2.05) is 12.1 Å². The predicted octanol–water partition coefficient (Wildman–Crippen LogP) is 5.32. The van der Waals surface area contributed by atoms with Gasteiger partial charge in [0.2, 0.25) is 0 Å². The van der Waals surface area contributed by atoms with E-state index in [-0.39, 0.29) is 11.9 Å². The van der Waals surface area contributed by atoms with Crippen molar-refractivity contribution in [2.45, 2.75) is 45.1 Å². The van der Waals surface area contributed by atoms with Gasteiger partial charge in [0.1, 0.15) is 11.9 Å². The maximum atomic E-state index is 12.7. The first-order valence-corrected chi connectivity index (χ1v) is 12.0. The Kier molecular flexibility index (Phi) is 9.58. The molecule has 0 bridgehead atoms. The third-order valence-corrected chi connectivity index (χ3v) is 6.27. The van der Waals surface area contributed by atoms with E-state index < -0.39 is 6.09 Å². The molecule has 0 saturated carbocycles. The van der Waals surface area contributed by atoms with Crippen LogP contribution in [0, 0.1) is 5.92 Å². The second-order valence-electron chi connectivity index (χ2n) is 8.62. The minimum atomic E-state index is -0.698. The molecule has 0 radical (unpaired) electrons. The molecular formula is C26H33ClN2O4. The highest BCUT2D eigenvalue weighted by Crippen LogP contribution is 2.22. The third-order valence-electron chi connectivity index (χ3n) is 6.02. The average molecular weight is 473 g/mol. The van der Waals surface area contributed by atoms with Gasteiger partial charge in [-0.15, -0.1) is 0 Å². The maximum absolute atomic E-state index is 12.7. The van der Waals surface area contributed by atoms with Crippen LogP contribution < -0.4 is 10.5 Å². The number of amides is 1. The van der Waals surface area contributed by atoms with Gasteiger partial charge in [0.15, 0.2) is 5.78 Å². The van der Waals surface area contributed by atoms with Crippen LogP contribution in [-0.2, 0) is 4.74 Å². The van der Waals surface area contributed by atoms with Crippen molar-refractivity contribution in [2.24, 2.45) is 11.7 Å². The molecule has 1 amide bonds. The number of hydrogen-bond donors (Lipinski definition) is 1. The van der Waals surface area contributed by atoms with E-state index in [0.717, 1.165) is 51.7 Å². The van der Waals surface area contributed by atoms with Crippen molar-refractivity contribution in [1.29, 1.82) is 0 Å². The molecule has 1 saturated heterocycles. The lowest BCUT2D eigenvalue weighted by molar-refractivity contribution is 0.0539. The number of rotatable bonds is 11. The Morgan fingerprint density at radius 3 is 2.52 bits per heavy atom. The summed E-state index contributed by atoms with van der Waals surface area (Å²) in [6.45, 7) is 5.34. The summed E-state index contributed by atoms with van der Waals surface area (Å²) in [5.41, 5.74) is 6.43. The van der Waals surface area contributed by atoms with E-state index in [0.29, 0.717) is 34.4 Å². The molecule has 1 atom stereocenters. The Balaban J connectivity index is 1.47. The van der Waals surface area contributed by atoms with E-state index in [1.54, 1.807) is 36.4 Å². The number of piperidine rings is 1. The fourth-order valence-corrected chi connectivity index (χ4v) is 4.24. The number of ether oxygens (including phenoxy) is 2. The topological polar surface area (TPSA) is 81.9 Å². The molecule has 3 rings (SSSR count). The van der Waals surface area contributed by atoms with E-state index in [2.05, 4.69) is 11.8 Å². The highest BCUT2D eigenvalue weighted by molar-refractivity contribution is 6.30. The molecule has 0 aliphatic carbocycles. The molecule has 0 spiro atoms. The highest BCUT2D eigenvalue weighted by atomic mass is 35.5. The Labute approximate surface area is 201 Å². The number of unbranched alkanes of at least 4 members (excludes halogenated alkanes) is 1. The normalized spacial score (nSPS) is 15.7. The smallest absolute Gasteiger partial charge is 0.404 e. The molecule has 1 fully saturated rings. The SMILES string of the molecule is CCCC[C@H](CN1CCC(COc2cccc(C(=O)c3ccc(Cl)cc3)c2)CC1)OC(N)=O. The Morgan fingerprint density at radius 1 is 1.12 bits per heavy atom. The quantitative estimate of drug-likeness (QED) is 0.448. The van der Waals surface area contributed by atoms with E-state index >= 15 is 0 Å². The van der Waals surface area contributed by atoms with Crippen LogP contribution in [0.4, 0.5) is 4.79 Å². The van der Waals surface area contributed by atoms with Gasteiger partial charge in [0.25, 0.3) is 0 Å². The number of carbonyl (C=O) groups excluding carboxylic acids is 2. The van der Waals surface area contributed by atoms with Crippen molar-refractivity contribution in [1.82, 2.24) is 4.90 Å². The van der Waals surface area contributed by atoms with Crippen LogP contribution in [0.25, 0.3) is 0 Å². The van der Waals surface area contributed by atoms with E-state index in [4.69, 9.17) is 26.8 Å². The average Bonchev–Trinajstić information content (AvgIpc) is 2.82. The first kappa shape index (κ1) is 25.1. The number of benzene rings is 2. The molecule has 1 aliphatic rings. The summed E-state index contributed by atoms with van der Waals surface area (Å²) in [5.74, 6) is 1.09. The van der Waals surface area contributed by atoms with Crippen LogP contribution in [0.5, 0.6) is 5.75 Å². The first-order chi connectivity index (χ1) is 15.9. The van der Waals surface area contributed by atoms with Crippen molar-refractivity contribution >= 4 is 23.5 Å². The van der Waals surface area contributed by atoms with Crippen LogP contribution >= 0.6 is 11.6 Å². The first-order valence-electron chi connectivity index (χ1n) is 11.7. The summed E-state index contributed by atoms with van der Waals surface area (Å²) < 4.78 is 11.3. The molecule has 7 heteroatoms.